The molecule has 6 heteroatoms. The van der Waals surface area contributed by atoms with Crippen molar-refractivity contribution >= 4 is 17.4 Å². The molecule has 0 bridgehead atoms. The molecule has 1 heterocycles. The SMILES string of the molecule is FC(F)(F)C1(CNc2ccc(Cl)cn2)CC1. The Hall–Kier alpha value is -0.970. The van der Waals surface area contributed by atoms with Crippen LogP contribution >= 0.6 is 11.6 Å². The minimum atomic E-state index is -4.13. The molecule has 16 heavy (non-hydrogen) atoms. The highest BCUT2D eigenvalue weighted by molar-refractivity contribution is 6.30. The van der Waals surface area contributed by atoms with Gasteiger partial charge in [-0.15, -0.1) is 0 Å². The molecular weight excluding hydrogens is 241 g/mol. The van der Waals surface area contributed by atoms with Gasteiger partial charge in [0.05, 0.1) is 10.4 Å². The molecule has 1 aliphatic rings. The van der Waals surface area contributed by atoms with Crippen LogP contribution in [0.4, 0.5) is 19.0 Å². The molecule has 0 saturated heterocycles. The van der Waals surface area contributed by atoms with Crippen LogP contribution in [0.1, 0.15) is 12.8 Å². The van der Waals surface area contributed by atoms with Crippen LogP contribution in [-0.4, -0.2) is 17.7 Å². The number of hydrogen-bond donors (Lipinski definition) is 1. The Morgan fingerprint density at radius 1 is 1.38 bits per heavy atom. The summed E-state index contributed by atoms with van der Waals surface area (Å²) >= 11 is 5.62. The Balaban J connectivity index is 1.96. The fourth-order valence-corrected chi connectivity index (χ4v) is 1.56. The second kappa shape index (κ2) is 3.80. The standard InChI is InChI=1S/C10H10ClF3N2/c11-7-1-2-8(15-5-7)16-6-9(3-4-9)10(12,13)14/h1-2,5H,3-4,6H2,(H,15,16). The number of anilines is 1. The van der Waals surface area contributed by atoms with Crippen LogP contribution in [0.25, 0.3) is 0 Å². The quantitative estimate of drug-likeness (QED) is 0.888. The van der Waals surface area contributed by atoms with Gasteiger partial charge in [-0.05, 0) is 25.0 Å². The molecule has 1 aliphatic carbocycles. The van der Waals surface area contributed by atoms with Crippen molar-refractivity contribution in [1.82, 2.24) is 4.98 Å². The van der Waals surface area contributed by atoms with Gasteiger partial charge in [0.2, 0.25) is 0 Å². The van der Waals surface area contributed by atoms with Gasteiger partial charge in [-0.3, -0.25) is 0 Å². The number of nitrogens with zero attached hydrogens (tertiary/aromatic N) is 1. The van der Waals surface area contributed by atoms with Gasteiger partial charge in [0.1, 0.15) is 5.82 Å². The maximum absolute atomic E-state index is 12.6. The van der Waals surface area contributed by atoms with Crippen molar-refractivity contribution in [3.63, 3.8) is 0 Å². The molecule has 0 aliphatic heterocycles. The zero-order valence-electron chi connectivity index (χ0n) is 8.31. The zero-order valence-corrected chi connectivity index (χ0v) is 9.07. The van der Waals surface area contributed by atoms with Gasteiger partial charge in [0.25, 0.3) is 0 Å². The lowest BCUT2D eigenvalue weighted by molar-refractivity contribution is -0.182. The Kier molecular flexibility index (Phi) is 2.74. The normalized spacial score (nSPS) is 18.2. The fourth-order valence-electron chi connectivity index (χ4n) is 1.45. The summed E-state index contributed by atoms with van der Waals surface area (Å²) in [4.78, 5) is 3.88. The molecule has 1 aromatic rings. The minimum Gasteiger partial charge on any atom is -0.369 e. The van der Waals surface area contributed by atoms with E-state index in [0.717, 1.165) is 0 Å². The smallest absolute Gasteiger partial charge is 0.369 e. The van der Waals surface area contributed by atoms with Crippen LogP contribution in [0.3, 0.4) is 0 Å². The van der Waals surface area contributed by atoms with E-state index in [0.29, 0.717) is 10.8 Å². The van der Waals surface area contributed by atoms with Crippen LogP contribution in [0.15, 0.2) is 18.3 Å². The number of halogens is 4. The molecule has 0 atom stereocenters. The monoisotopic (exact) mass is 250 g/mol. The molecule has 88 valence electrons. The minimum absolute atomic E-state index is 0.120. The molecule has 1 fully saturated rings. The maximum atomic E-state index is 12.6. The lowest BCUT2D eigenvalue weighted by atomic mass is 10.1. The Labute approximate surface area is 95.8 Å². The molecule has 1 saturated carbocycles. The van der Waals surface area contributed by atoms with Crippen LogP contribution in [0.5, 0.6) is 0 Å². The Morgan fingerprint density at radius 2 is 2.06 bits per heavy atom. The summed E-state index contributed by atoms with van der Waals surface area (Å²) in [5.41, 5.74) is -1.55. The highest BCUT2D eigenvalue weighted by Crippen LogP contribution is 2.57. The first-order valence-electron chi connectivity index (χ1n) is 4.85. The van der Waals surface area contributed by atoms with E-state index in [-0.39, 0.29) is 19.4 Å². The number of alkyl halides is 3. The predicted molar refractivity (Wildman–Crippen MR) is 55.5 cm³/mol. The molecule has 1 N–H and O–H groups in total. The maximum Gasteiger partial charge on any atom is 0.396 e. The van der Waals surface area contributed by atoms with E-state index in [4.69, 9.17) is 11.6 Å². The molecule has 0 unspecified atom stereocenters. The van der Waals surface area contributed by atoms with Crippen LogP contribution in [-0.2, 0) is 0 Å². The summed E-state index contributed by atoms with van der Waals surface area (Å²) in [6, 6.07) is 3.15. The summed E-state index contributed by atoms with van der Waals surface area (Å²) in [6.45, 7) is -0.120. The van der Waals surface area contributed by atoms with Crippen molar-refractivity contribution in [1.29, 1.82) is 0 Å². The highest BCUT2D eigenvalue weighted by Gasteiger charge is 2.62. The number of aromatic nitrogens is 1. The van der Waals surface area contributed by atoms with E-state index in [1.54, 1.807) is 12.1 Å². The van der Waals surface area contributed by atoms with E-state index in [2.05, 4.69) is 10.3 Å². The zero-order chi connectivity index (χ0) is 11.8. The highest BCUT2D eigenvalue weighted by atomic mass is 35.5. The topological polar surface area (TPSA) is 24.9 Å². The third kappa shape index (κ3) is 2.24. The average molecular weight is 251 g/mol. The van der Waals surface area contributed by atoms with Gasteiger partial charge in [-0.25, -0.2) is 4.98 Å². The van der Waals surface area contributed by atoms with Crippen molar-refractivity contribution in [2.75, 3.05) is 11.9 Å². The van der Waals surface area contributed by atoms with Gasteiger partial charge in [-0.2, -0.15) is 13.2 Å². The van der Waals surface area contributed by atoms with Crippen LogP contribution in [0.2, 0.25) is 5.02 Å². The van der Waals surface area contributed by atoms with Crippen LogP contribution in [0, 0.1) is 5.41 Å². The van der Waals surface area contributed by atoms with E-state index in [1.807, 2.05) is 0 Å². The average Bonchev–Trinajstić information content (AvgIpc) is 2.97. The van der Waals surface area contributed by atoms with E-state index in [1.165, 1.54) is 6.20 Å². The predicted octanol–water partition coefficient (Wildman–Crippen LogP) is 3.49. The molecular formula is C10H10ClF3N2. The number of nitrogens with one attached hydrogen (secondary N) is 1. The van der Waals surface area contributed by atoms with Gasteiger partial charge in [-0.1, -0.05) is 11.6 Å². The molecule has 2 rings (SSSR count). The van der Waals surface area contributed by atoms with Crippen molar-refractivity contribution in [2.24, 2.45) is 5.41 Å². The van der Waals surface area contributed by atoms with E-state index >= 15 is 0 Å². The van der Waals surface area contributed by atoms with E-state index < -0.39 is 11.6 Å². The van der Waals surface area contributed by atoms with Crippen molar-refractivity contribution < 1.29 is 13.2 Å². The lowest BCUT2D eigenvalue weighted by Crippen LogP contribution is -2.31. The second-order valence-corrected chi connectivity index (χ2v) is 4.43. The summed E-state index contributed by atoms with van der Waals surface area (Å²) in [5, 5.41) is 3.15. The first-order chi connectivity index (χ1) is 7.43. The molecule has 0 radical (unpaired) electrons. The van der Waals surface area contributed by atoms with Gasteiger partial charge in [0.15, 0.2) is 0 Å². The Bertz CT molecular complexity index is 371. The lowest BCUT2D eigenvalue weighted by Gasteiger charge is -2.19. The molecule has 0 aromatic carbocycles. The van der Waals surface area contributed by atoms with Crippen molar-refractivity contribution in [2.45, 2.75) is 19.0 Å². The largest absolute Gasteiger partial charge is 0.396 e. The summed E-state index contributed by atoms with van der Waals surface area (Å²) in [7, 11) is 0. The van der Waals surface area contributed by atoms with Crippen molar-refractivity contribution in [3.8, 4) is 0 Å². The number of pyridine rings is 1. The molecule has 1 aromatic heterocycles. The van der Waals surface area contributed by atoms with Crippen LogP contribution < -0.4 is 5.32 Å². The van der Waals surface area contributed by atoms with Gasteiger partial charge in [0, 0.05) is 12.7 Å². The third-order valence-electron chi connectivity index (χ3n) is 2.79. The van der Waals surface area contributed by atoms with Gasteiger partial charge < -0.3 is 5.32 Å². The summed E-state index contributed by atoms with van der Waals surface area (Å²) in [5.74, 6) is 0.417. The molecule has 0 spiro atoms. The summed E-state index contributed by atoms with van der Waals surface area (Å²) < 4.78 is 37.7. The second-order valence-electron chi connectivity index (χ2n) is 3.99. The first kappa shape index (κ1) is 11.5. The number of hydrogen-bond acceptors (Lipinski definition) is 2. The Morgan fingerprint density at radius 3 is 2.50 bits per heavy atom. The third-order valence-corrected chi connectivity index (χ3v) is 3.01. The molecule has 0 amide bonds. The first-order valence-corrected chi connectivity index (χ1v) is 5.23. The van der Waals surface area contributed by atoms with Crippen molar-refractivity contribution in [3.05, 3.63) is 23.4 Å². The fraction of sp³-hybridized carbons (Fsp3) is 0.500. The number of rotatable bonds is 3. The van der Waals surface area contributed by atoms with Gasteiger partial charge >= 0.3 is 6.18 Å². The summed E-state index contributed by atoms with van der Waals surface area (Å²) in [6.07, 6.45) is -2.35. The van der Waals surface area contributed by atoms with E-state index in [9.17, 15) is 13.2 Å². The molecule has 2 nitrogen and oxygen atoms in total.